The second-order valence-corrected chi connectivity index (χ2v) is 9.36. The fourth-order valence-corrected chi connectivity index (χ4v) is 5.84. The maximum absolute atomic E-state index is 13.0. The van der Waals surface area contributed by atoms with Crippen LogP contribution in [0.25, 0.3) is 10.2 Å². The van der Waals surface area contributed by atoms with Gasteiger partial charge in [0.15, 0.2) is 0 Å². The molecule has 4 heterocycles. The van der Waals surface area contributed by atoms with E-state index in [9.17, 15) is 9.59 Å². The summed E-state index contributed by atoms with van der Waals surface area (Å²) in [7, 11) is 0. The van der Waals surface area contributed by atoms with Gasteiger partial charge in [0.05, 0.1) is 10.3 Å². The van der Waals surface area contributed by atoms with E-state index in [-0.39, 0.29) is 17.5 Å². The van der Waals surface area contributed by atoms with E-state index in [4.69, 9.17) is 0 Å². The van der Waals surface area contributed by atoms with Gasteiger partial charge in [-0.2, -0.15) is 0 Å². The second kappa shape index (κ2) is 7.63. The van der Waals surface area contributed by atoms with Crippen LogP contribution in [0.4, 0.5) is 0 Å². The number of rotatable bonds is 4. The van der Waals surface area contributed by atoms with Crippen LogP contribution in [0, 0.1) is 6.92 Å². The van der Waals surface area contributed by atoms with Gasteiger partial charge >= 0.3 is 0 Å². The molecule has 30 heavy (non-hydrogen) atoms. The first-order valence-electron chi connectivity index (χ1n) is 10.7. The third-order valence-corrected chi connectivity index (χ3v) is 7.69. The number of nitrogens with zero attached hydrogens (tertiary/aromatic N) is 3. The van der Waals surface area contributed by atoms with E-state index in [0.717, 1.165) is 50.3 Å². The van der Waals surface area contributed by atoms with Crippen molar-refractivity contribution < 1.29 is 4.79 Å². The van der Waals surface area contributed by atoms with Crippen LogP contribution in [0.15, 0.2) is 35.1 Å². The fraction of sp³-hybridized carbons (Fsp3) is 0.435. The maximum Gasteiger partial charge on any atom is 0.262 e. The minimum atomic E-state index is -0.0840. The van der Waals surface area contributed by atoms with Gasteiger partial charge in [-0.3, -0.25) is 19.1 Å². The molecular weight excluding hydrogens is 396 g/mol. The van der Waals surface area contributed by atoms with Crippen LogP contribution in [-0.4, -0.2) is 39.5 Å². The fourth-order valence-electron chi connectivity index (χ4n) is 4.74. The molecule has 0 aliphatic carbocycles. The standard InChI is InChI=1S/C23H26N4O2S/c1-14-19-22(25-18-9-6-11-27(18)23(19)29)30-20(14)21(28)24-17-10-12-26(13-17)15(2)16-7-4-3-5-8-16/h3-5,7-8,15,17H,6,9-13H2,1-2H3,(H,24,28). The minimum Gasteiger partial charge on any atom is -0.347 e. The van der Waals surface area contributed by atoms with Gasteiger partial charge in [-0.15, -0.1) is 11.3 Å². The predicted octanol–water partition coefficient (Wildman–Crippen LogP) is 3.28. The molecule has 1 aromatic carbocycles. The summed E-state index contributed by atoms with van der Waals surface area (Å²) >= 11 is 1.35. The van der Waals surface area contributed by atoms with Crippen LogP contribution in [0.2, 0.25) is 0 Å². The lowest BCUT2D eigenvalue weighted by molar-refractivity contribution is 0.0940. The Hall–Kier alpha value is -2.51. The van der Waals surface area contributed by atoms with Crippen LogP contribution < -0.4 is 10.9 Å². The van der Waals surface area contributed by atoms with Crippen molar-refractivity contribution in [3.8, 4) is 0 Å². The van der Waals surface area contributed by atoms with Crippen molar-refractivity contribution in [1.29, 1.82) is 0 Å². The Morgan fingerprint density at radius 3 is 2.87 bits per heavy atom. The summed E-state index contributed by atoms with van der Waals surface area (Å²) in [6.07, 6.45) is 2.73. The van der Waals surface area contributed by atoms with Gasteiger partial charge in [-0.1, -0.05) is 30.3 Å². The minimum absolute atomic E-state index is 0.00373. The highest BCUT2D eigenvalue weighted by atomic mass is 32.1. The molecule has 0 saturated carbocycles. The second-order valence-electron chi connectivity index (χ2n) is 8.37. The molecule has 0 spiro atoms. The van der Waals surface area contributed by atoms with Crippen molar-refractivity contribution in [2.24, 2.45) is 0 Å². The molecule has 1 amide bonds. The van der Waals surface area contributed by atoms with E-state index >= 15 is 0 Å². The molecule has 0 bridgehead atoms. The predicted molar refractivity (Wildman–Crippen MR) is 119 cm³/mol. The van der Waals surface area contributed by atoms with Crippen molar-refractivity contribution in [3.63, 3.8) is 0 Å². The number of carbonyl (C=O) groups is 1. The van der Waals surface area contributed by atoms with Crippen LogP contribution in [0.5, 0.6) is 0 Å². The van der Waals surface area contributed by atoms with Gasteiger partial charge in [0.2, 0.25) is 0 Å². The Labute approximate surface area is 179 Å². The zero-order valence-corrected chi connectivity index (χ0v) is 18.2. The molecule has 6 nitrogen and oxygen atoms in total. The number of carbonyl (C=O) groups excluding carboxylic acids is 1. The zero-order valence-electron chi connectivity index (χ0n) is 17.4. The number of likely N-dealkylation sites (tertiary alicyclic amines) is 1. The van der Waals surface area contributed by atoms with Crippen molar-refractivity contribution in [2.45, 2.75) is 51.7 Å². The van der Waals surface area contributed by atoms with Crippen LogP contribution in [-0.2, 0) is 13.0 Å². The molecule has 1 saturated heterocycles. The summed E-state index contributed by atoms with van der Waals surface area (Å²) in [5, 5.41) is 3.82. The summed E-state index contributed by atoms with van der Waals surface area (Å²) in [5.41, 5.74) is 2.06. The largest absolute Gasteiger partial charge is 0.347 e. The van der Waals surface area contributed by atoms with E-state index < -0.39 is 0 Å². The van der Waals surface area contributed by atoms with Crippen LogP contribution in [0.1, 0.15) is 52.4 Å². The first-order chi connectivity index (χ1) is 14.5. The summed E-state index contributed by atoms with van der Waals surface area (Å²) < 4.78 is 1.77. The highest BCUT2D eigenvalue weighted by Gasteiger charge is 2.29. The molecule has 7 heteroatoms. The normalized spacial score (nSPS) is 19.9. The molecule has 0 radical (unpaired) electrons. The number of amides is 1. The number of aromatic nitrogens is 2. The third kappa shape index (κ3) is 3.26. The molecule has 2 aromatic heterocycles. The van der Waals surface area contributed by atoms with Gasteiger partial charge in [-0.25, -0.2) is 4.98 Å². The number of nitrogens with one attached hydrogen (secondary N) is 1. The lowest BCUT2D eigenvalue weighted by Gasteiger charge is -2.24. The average molecular weight is 423 g/mol. The first-order valence-corrected chi connectivity index (χ1v) is 11.5. The molecular formula is C23H26N4O2S. The summed E-state index contributed by atoms with van der Waals surface area (Å²) in [5.74, 6) is 0.765. The van der Waals surface area contributed by atoms with E-state index in [1.54, 1.807) is 4.57 Å². The highest BCUT2D eigenvalue weighted by molar-refractivity contribution is 7.20. The van der Waals surface area contributed by atoms with Crippen molar-refractivity contribution in [1.82, 2.24) is 19.8 Å². The smallest absolute Gasteiger partial charge is 0.262 e. The summed E-state index contributed by atoms with van der Waals surface area (Å²) in [6, 6.07) is 10.9. The number of hydrogen-bond acceptors (Lipinski definition) is 5. The lowest BCUT2D eigenvalue weighted by atomic mass is 10.1. The molecule has 2 aliphatic rings. The van der Waals surface area contributed by atoms with Gasteiger partial charge in [0.25, 0.3) is 11.5 Å². The van der Waals surface area contributed by atoms with E-state index in [1.165, 1.54) is 16.9 Å². The third-order valence-electron chi connectivity index (χ3n) is 6.50. The van der Waals surface area contributed by atoms with Crippen molar-refractivity contribution in [3.05, 3.63) is 62.5 Å². The Morgan fingerprint density at radius 2 is 2.07 bits per heavy atom. The number of thiophene rings is 1. The van der Waals surface area contributed by atoms with Gasteiger partial charge in [0.1, 0.15) is 10.7 Å². The van der Waals surface area contributed by atoms with E-state index in [2.05, 4.69) is 46.4 Å². The Morgan fingerprint density at radius 1 is 1.27 bits per heavy atom. The Bertz CT molecular complexity index is 1170. The molecule has 1 N–H and O–H groups in total. The SMILES string of the molecule is Cc1c(C(=O)NC2CCN(C(C)c3ccccc3)C2)sc2nc3n(c(=O)c12)CCC3. The Kier molecular flexibility index (Phi) is 4.95. The number of benzene rings is 1. The lowest BCUT2D eigenvalue weighted by Crippen LogP contribution is -2.37. The molecule has 2 unspecified atom stereocenters. The van der Waals surface area contributed by atoms with Crippen LogP contribution >= 0.6 is 11.3 Å². The summed E-state index contributed by atoms with van der Waals surface area (Å²) in [4.78, 5) is 34.3. The Balaban J connectivity index is 1.33. The van der Waals surface area contributed by atoms with Gasteiger partial charge in [-0.05, 0) is 37.8 Å². The van der Waals surface area contributed by atoms with Crippen molar-refractivity contribution >= 4 is 27.5 Å². The topological polar surface area (TPSA) is 67.2 Å². The maximum atomic E-state index is 13.0. The summed E-state index contributed by atoms with van der Waals surface area (Å²) in [6.45, 7) is 6.61. The molecule has 1 fully saturated rings. The number of hydrogen-bond donors (Lipinski definition) is 1. The van der Waals surface area contributed by atoms with E-state index in [0.29, 0.717) is 21.1 Å². The molecule has 2 aliphatic heterocycles. The quantitative estimate of drug-likeness (QED) is 0.701. The van der Waals surface area contributed by atoms with Crippen molar-refractivity contribution in [2.75, 3.05) is 13.1 Å². The van der Waals surface area contributed by atoms with Crippen LogP contribution in [0.3, 0.4) is 0 Å². The molecule has 156 valence electrons. The molecule has 2 atom stereocenters. The number of aryl methyl sites for hydroxylation is 2. The zero-order chi connectivity index (χ0) is 20.8. The first kappa shape index (κ1) is 19.5. The number of fused-ring (bicyclic) bond motifs is 2. The van der Waals surface area contributed by atoms with Gasteiger partial charge in [0, 0.05) is 38.1 Å². The molecule has 5 rings (SSSR count). The average Bonchev–Trinajstić information content (AvgIpc) is 3.47. The van der Waals surface area contributed by atoms with Gasteiger partial charge < -0.3 is 5.32 Å². The van der Waals surface area contributed by atoms with E-state index in [1.807, 2.05) is 13.0 Å². The monoisotopic (exact) mass is 422 g/mol. The highest BCUT2D eigenvalue weighted by Crippen LogP contribution is 2.29. The molecule has 3 aromatic rings.